The summed E-state index contributed by atoms with van der Waals surface area (Å²) in [6, 6.07) is 10.8. The van der Waals surface area contributed by atoms with Crippen molar-refractivity contribution in [3.63, 3.8) is 0 Å². The van der Waals surface area contributed by atoms with Gasteiger partial charge in [0, 0.05) is 18.6 Å². The Morgan fingerprint density at radius 1 is 1.21 bits per heavy atom. The number of hydrogen-bond acceptors (Lipinski definition) is 2. The van der Waals surface area contributed by atoms with Gasteiger partial charge in [0.05, 0.1) is 5.56 Å². The lowest BCUT2D eigenvalue weighted by Crippen LogP contribution is -2.31. The van der Waals surface area contributed by atoms with E-state index in [0.717, 1.165) is 12.1 Å². The van der Waals surface area contributed by atoms with Crippen LogP contribution in [0.2, 0.25) is 5.02 Å². The molecule has 1 unspecified atom stereocenters. The molecule has 0 saturated carbocycles. The molecule has 0 aliphatic heterocycles. The number of amides is 1. The number of aliphatic hydroxyl groups excluding tert-OH is 1. The molecule has 0 fully saturated rings. The summed E-state index contributed by atoms with van der Waals surface area (Å²) in [6.45, 7) is -0.0482. The molecule has 0 spiro atoms. The van der Waals surface area contributed by atoms with E-state index < -0.39 is 23.8 Å². The largest absolute Gasteiger partial charge is 0.416 e. The first kappa shape index (κ1) is 18.3. The Bertz CT molecular complexity index is 717. The SMILES string of the molecule is CN(Cc1cccc(C(F)(F)F)c1)C(=O)C(O)c1ccc(Cl)cc1. The minimum Gasteiger partial charge on any atom is -0.378 e. The second-order valence-electron chi connectivity index (χ2n) is 5.35. The van der Waals surface area contributed by atoms with Crippen molar-refractivity contribution in [2.75, 3.05) is 7.05 Å². The summed E-state index contributed by atoms with van der Waals surface area (Å²) in [5, 5.41) is 10.6. The standard InChI is InChI=1S/C17H15ClF3NO2/c1-22(10-11-3-2-4-13(9-11)17(19,20)21)16(24)15(23)12-5-7-14(18)8-6-12/h2-9,15,23H,10H2,1H3. The maximum absolute atomic E-state index is 12.7. The summed E-state index contributed by atoms with van der Waals surface area (Å²) in [5.74, 6) is -0.616. The first-order valence-electron chi connectivity index (χ1n) is 7.03. The van der Waals surface area contributed by atoms with Crippen molar-refractivity contribution < 1.29 is 23.1 Å². The van der Waals surface area contributed by atoms with Crippen molar-refractivity contribution in [1.82, 2.24) is 4.90 Å². The van der Waals surface area contributed by atoms with E-state index in [1.165, 1.54) is 36.2 Å². The monoisotopic (exact) mass is 357 g/mol. The quantitative estimate of drug-likeness (QED) is 0.896. The molecule has 24 heavy (non-hydrogen) atoms. The molecule has 0 aromatic heterocycles. The minimum absolute atomic E-state index is 0.0482. The highest BCUT2D eigenvalue weighted by atomic mass is 35.5. The average Bonchev–Trinajstić information content (AvgIpc) is 2.53. The van der Waals surface area contributed by atoms with E-state index in [2.05, 4.69) is 0 Å². The molecule has 1 amide bonds. The Kier molecular flexibility index (Phi) is 5.51. The van der Waals surface area contributed by atoms with E-state index in [4.69, 9.17) is 11.6 Å². The number of likely N-dealkylation sites (N-methyl/N-ethyl adjacent to an activating group) is 1. The average molecular weight is 358 g/mol. The Morgan fingerprint density at radius 2 is 1.83 bits per heavy atom. The molecule has 2 aromatic rings. The van der Waals surface area contributed by atoms with Crippen molar-refractivity contribution in [1.29, 1.82) is 0 Å². The third-order valence-electron chi connectivity index (χ3n) is 3.47. The first-order valence-corrected chi connectivity index (χ1v) is 7.41. The van der Waals surface area contributed by atoms with Crippen LogP contribution in [-0.4, -0.2) is 23.0 Å². The normalized spacial score (nSPS) is 12.8. The predicted molar refractivity (Wildman–Crippen MR) is 84.3 cm³/mol. The van der Waals surface area contributed by atoms with Gasteiger partial charge in [-0.15, -0.1) is 0 Å². The van der Waals surface area contributed by atoms with Gasteiger partial charge in [-0.3, -0.25) is 4.79 Å². The van der Waals surface area contributed by atoms with Gasteiger partial charge in [-0.2, -0.15) is 13.2 Å². The van der Waals surface area contributed by atoms with Gasteiger partial charge in [0.2, 0.25) is 0 Å². The molecule has 7 heteroatoms. The molecule has 0 bridgehead atoms. The molecule has 0 saturated heterocycles. The smallest absolute Gasteiger partial charge is 0.378 e. The molecule has 0 heterocycles. The minimum atomic E-state index is -4.44. The van der Waals surface area contributed by atoms with Crippen LogP contribution in [0.1, 0.15) is 22.8 Å². The summed E-state index contributed by atoms with van der Waals surface area (Å²) >= 11 is 5.75. The number of carbonyl (C=O) groups excluding carboxylic acids is 1. The lowest BCUT2D eigenvalue weighted by Gasteiger charge is -2.21. The van der Waals surface area contributed by atoms with Crippen LogP contribution >= 0.6 is 11.6 Å². The fourth-order valence-electron chi connectivity index (χ4n) is 2.19. The topological polar surface area (TPSA) is 40.5 Å². The van der Waals surface area contributed by atoms with Crippen LogP contribution in [0.4, 0.5) is 13.2 Å². The molecule has 3 nitrogen and oxygen atoms in total. The lowest BCUT2D eigenvalue weighted by atomic mass is 10.1. The molecule has 0 aliphatic rings. The van der Waals surface area contributed by atoms with Crippen molar-refractivity contribution in [3.8, 4) is 0 Å². The van der Waals surface area contributed by atoms with Crippen LogP contribution in [0.3, 0.4) is 0 Å². The summed E-state index contributed by atoms with van der Waals surface area (Å²) in [6.07, 6.45) is -5.85. The molecule has 1 atom stereocenters. The third kappa shape index (κ3) is 4.49. The zero-order chi connectivity index (χ0) is 17.9. The molecular formula is C17H15ClF3NO2. The number of carbonyl (C=O) groups is 1. The van der Waals surface area contributed by atoms with Crippen LogP contribution < -0.4 is 0 Å². The molecule has 2 aromatic carbocycles. The predicted octanol–water partition coefficient (Wildman–Crippen LogP) is 4.05. The number of alkyl halides is 3. The van der Waals surface area contributed by atoms with Gasteiger partial charge in [0.15, 0.2) is 6.10 Å². The molecule has 128 valence electrons. The van der Waals surface area contributed by atoms with E-state index in [1.807, 2.05) is 0 Å². The zero-order valence-corrected chi connectivity index (χ0v) is 13.5. The fraction of sp³-hybridized carbons (Fsp3) is 0.235. The van der Waals surface area contributed by atoms with E-state index >= 15 is 0 Å². The second-order valence-corrected chi connectivity index (χ2v) is 5.78. The van der Waals surface area contributed by atoms with Crippen molar-refractivity contribution in [2.24, 2.45) is 0 Å². The van der Waals surface area contributed by atoms with Crippen molar-refractivity contribution >= 4 is 17.5 Å². The van der Waals surface area contributed by atoms with Gasteiger partial charge in [0.25, 0.3) is 5.91 Å². The maximum Gasteiger partial charge on any atom is 0.416 e. The molecular weight excluding hydrogens is 343 g/mol. The van der Waals surface area contributed by atoms with Crippen molar-refractivity contribution in [2.45, 2.75) is 18.8 Å². The van der Waals surface area contributed by atoms with Crippen LogP contribution in [0.5, 0.6) is 0 Å². The van der Waals surface area contributed by atoms with Crippen LogP contribution in [0, 0.1) is 0 Å². The van der Waals surface area contributed by atoms with Crippen molar-refractivity contribution in [3.05, 3.63) is 70.2 Å². The van der Waals surface area contributed by atoms with E-state index in [-0.39, 0.29) is 6.54 Å². The third-order valence-corrected chi connectivity index (χ3v) is 3.72. The van der Waals surface area contributed by atoms with Gasteiger partial charge < -0.3 is 10.0 Å². The van der Waals surface area contributed by atoms with Gasteiger partial charge in [-0.05, 0) is 35.4 Å². The zero-order valence-electron chi connectivity index (χ0n) is 12.7. The fourth-order valence-corrected chi connectivity index (χ4v) is 2.32. The Morgan fingerprint density at radius 3 is 2.42 bits per heavy atom. The molecule has 2 rings (SSSR count). The number of hydrogen-bond donors (Lipinski definition) is 1. The van der Waals surface area contributed by atoms with Crippen LogP contribution in [-0.2, 0) is 17.5 Å². The van der Waals surface area contributed by atoms with Gasteiger partial charge >= 0.3 is 6.18 Å². The highest BCUT2D eigenvalue weighted by Crippen LogP contribution is 2.30. The number of rotatable bonds is 4. The first-order chi connectivity index (χ1) is 11.2. The van der Waals surface area contributed by atoms with E-state index in [1.54, 1.807) is 12.1 Å². The maximum atomic E-state index is 12.7. The molecule has 0 radical (unpaired) electrons. The summed E-state index contributed by atoms with van der Waals surface area (Å²) in [4.78, 5) is 13.4. The second kappa shape index (κ2) is 7.23. The molecule has 1 N–H and O–H groups in total. The number of halogens is 4. The van der Waals surface area contributed by atoms with Gasteiger partial charge in [0.1, 0.15) is 0 Å². The van der Waals surface area contributed by atoms with E-state index in [9.17, 15) is 23.1 Å². The summed E-state index contributed by atoms with van der Waals surface area (Å²) in [7, 11) is 1.42. The number of aliphatic hydroxyl groups is 1. The highest BCUT2D eigenvalue weighted by molar-refractivity contribution is 6.30. The Balaban J connectivity index is 2.10. The Hall–Kier alpha value is -2.05. The Labute approximate surface area is 142 Å². The number of benzene rings is 2. The summed E-state index contributed by atoms with van der Waals surface area (Å²) in [5.41, 5.74) is -0.0941. The highest BCUT2D eigenvalue weighted by Gasteiger charge is 2.30. The van der Waals surface area contributed by atoms with Gasteiger partial charge in [-0.25, -0.2) is 0 Å². The molecule has 0 aliphatic carbocycles. The summed E-state index contributed by atoms with van der Waals surface area (Å²) < 4.78 is 38.1. The number of nitrogens with zero attached hydrogens (tertiary/aromatic N) is 1. The van der Waals surface area contributed by atoms with Crippen LogP contribution in [0.15, 0.2) is 48.5 Å². The van der Waals surface area contributed by atoms with Crippen LogP contribution in [0.25, 0.3) is 0 Å². The van der Waals surface area contributed by atoms with Gasteiger partial charge in [-0.1, -0.05) is 35.9 Å². The van der Waals surface area contributed by atoms with E-state index in [0.29, 0.717) is 16.1 Å². The lowest BCUT2D eigenvalue weighted by molar-refractivity contribution is -0.139.